The number of pyridine rings is 1. The lowest BCUT2D eigenvalue weighted by Crippen LogP contribution is -2.18. The zero-order valence-corrected chi connectivity index (χ0v) is 14.6. The number of hydrogen-bond acceptors (Lipinski definition) is 3. The lowest BCUT2D eigenvalue weighted by Gasteiger charge is -2.16. The number of carbonyl (C=O) groups excluding carboxylic acids is 2. The molecular formula is C20H18ClNO2. The van der Waals surface area contributed by atoms with E-state index in [9.17, 15) is 9.59 Å². The van der Waals surface area contributed by atoms with E-state index in [1.165, 1.54) is 6.08 Å². The monoisotopic (exact) mass is 339 g/mol. The third-order valence-electron chi connectivity index (χ3n) is 4.39. The Hall–Kier alpha value is -2.26. The van der Waals surface area contributed by atoms with E-state index in [0.717, 1.165) is 27.8 Å². The van der Waals surface area contributed by atoms with Gasteiger partial charge in [0.25, 0.3) is 0 Å². The number of allylic oxidation sites excluding steroid dienone is 2. The van der Waals surface area contributed by atoms with Gasteiger partial charge in [-0.2, -0.15) is 0 Å². The first-order valence-corrected chi connectivity index (χ1v) is 8.21. The van der Waals surface area contributed by atoms with Gasteiger partial charge in [0, 0.05) is 18.2 Å². The maximum atomic E-state index is 12.8. The van der Waals surface area contributed by atoms with Crippen LogP contribution in [0.1, 0.15) is 33.7 Å². The minimum atomic E-state index is -0.708. The second-order valence-corrected chi connectivity index (χ2v) is 6.73. The number of aryl methyl sites for hydroxylation is 3. The summed E-state index contributed by atoms with van der Waals surface area (Å²) in [5, 5.41) is 0.408. The highest BCUT2D eigenvalue weighted by Gasteiger charge is 2.37. The summed E-state index contributed by atoms with van der Waals surface area (Å²) in [7, 11) is 0. The van der Waals surface area contributed by atoms with Crippen molar-refractivity contribution in [1.29, 1.82) is 0 Å². The molecule has 1 aliphatic rings. The molecule has 0 fully saturated rings. The van der Waals surface area contributed by atoms with Crippen molar-refractivity contribution in [2.24, 2.45) is 0 Å². The Morgan fingerprint density at radius 1 is 1.08 bits per heavy atom. The van der Waals surface area contributed by atoms with Crippen molar-refractivity contribution < 1.29 is 9.59 Å². The largest absolute Gasteiger partial charge is 0.294 e. The lowest BCUT2D eigenvalue weighted by molar-refractivity contribution is -0.122. The standard InChI is InChI=1S/C20H18ClNO2/c1-11-6-12(2)18(13(3)7-11)19-16(23)9-15(20(19)24)8-14-4-5-17(21)22-10-14/h4-7,9-10,19H,8H2,1-3H3. The van der Waals surface area contributed by atoms with E-state index in [1.807, 2.05) is 39.0 Å². The molecule has 0 spiro atoms. The highest BCUT2D eigenvalue weighted by Crippen LogP contribution is 2.34. The Morgan fingerprint density at radius 3 is 2.33 bits per heavy atom. The normalized spacial score (nSPS) is 17.3. The quantitative estimate of drug-likeness (QED) is 0.625. The van der Waals surface area contributed by atoms with Gasteiger partial charge in [-0.1, -0.05) is 35.4 Å². The first-order chi connectivity index (χ1) is 11.4. The van der Waals surface area contributed by atoms with Crippen LogP contribution in [0.2, 0.25) is 5.15 Å². The number of benzene rings is 1. The molecule has 0 saturated heterocycles. The highest BCUT2D eigenvalue weighted by molar-refractivity contribution is 6.29. The van der Waals surface area contributed by atoms with Crippen molar-refractivity contribution in [2.75, 3.05) is 0 Å². The predicted octanol–water partition coefficient (Wildman–Crippen LogP) is 4.06. The molecular weight excluding hydrogens is 322 g/mol. The fraction of sp³-hybridized carbons (Fsp3) is 0.250. The Bertz CT molecular complexity index is 843. The van der Waals surface area contributed by atoms with E-state index in [1.54, 1.807) is 12.3 Å². The zero-order chi connectivity index (χ0) is 17.4. The SMILES string of the molecule is Cc1cc(C)c(C2C(=O)C=C(Cc3ccc(Cl)nc3)C2=O)c(C)c1. The van der Waals surface area contributed by atoms with E-state index in [2.05, 4.69) is 4.98 Å². The molecule has 0 radical (unpaired) electrons. The number of aromatic nitrogens is 1. The summed E-state index contributed by atoms with van der Waals surface area (Å²) >= 11 is 5.78. The molecule has 1 atom stereocenters. The number of Topliss-reactive ketones (excluding diaryl/α,β-unsaturated/α-hetero) is 1. The topological polar surface area (TPSA) is 47.0 Å². The van der Waals surface area contributed by atoms with Gasteiger partial charge < -0.3 is 0 Å². The molecule has 0 aliphatic heterocycles. The molecule has 122 valence electrons. The summed E-state index contributed by atoms with van der Waals surface area (Å²) in [6, 6.07) is 7.54. The molecule has 1 unspecified atom stereocenters. The minimum absolute atomic E-state index is 0.106. The van der Waals surface area contributed by atoms with E-state index in [-0.39, 0.29) is 11.6 Å². The van der Waals surface area contributed by atoms with Crippen LogP contribution in [0.5, 0.6) is 0 Å². The third-order valence-corrected chi connectivity index (χ3v) is 4.61. The van der Waals surface area contributed by atoms with Crippen LogP contribution in [0, 0.1) is 20.8 Å². The van der Waals surface area contributed by atoms with Crippen molar-refractivity contribution in [3.8, 4) is 0 Å². The zero-order valence-electron chi connectivity index (χ0n) is 13.9. The Morgan fingerprint density at radius 2 is 1.75 bits per heavy atom. The van der Waals surface area contributed by atoms with Gasteiger partial charge in [-0.05, 0) is 55.2 Å². The van der Waals surface area contributed by atoms with Crippen molar-refractivity contribution in [3.05, 3.63) is 75.1 Å². The van der Waals surface area contributed by atoms with Crippen molar-refractivity contribution >= 4 is 23.2 Å². The maximum Gasteiger partial charge on any atom is 0.174 e. The average Bonchev–Trinajstić information content (AvgIpc) is 2.76. The number of rotatable bonds is 3. The summed E-state index contributed by atoms with van der Waals surface area (Å²) in [4.78, 5) is 29.4. The van der Waals surface area contributed by atoms with Gasteiger partial charge in [0.1, 0.15) is 11.1 Å². The number of hydrogen-bond donors (Lipinski definition) is 0. The van der Waals surface area contributed by atoms with E-state index >= 15 is 0 Å². The average molecular weight is 340 g/mol. The van der Waals surface area contributed by atoms with Gasteiger partial charge in [0.15, 0.2) is 11.6 Å². The molecule has 1 aromatic carbocycles. The molecule has 2 aromatic rings. The van der Waals surface area contributed by atoms with Crippen LogP contribution in [0.15, 0.2) is 42.1 Å². The van der Waals surface area contributed by atoms with Crippen molar-refractivity contribution in [2.45, 2.75) is 33.1 Å². The second-order valence-electron chi connectivity index (χ2n) is 6.35. The highest BCUT2D eigenvalue weighted by atomic mass is 35.5. The summed E-state index contributed by atoms with van der Waals surface area (Å²) in [5.74, 6) is -0.946. The molecule has 1 heterocycles. The molecule has 1 aromatic heterocycles. The second kappa shape index (κ2) is 6.33. The van der Waals surface area contributed by atoms with Gasteiger partial charge in [-0.25, -0.2) is 4.98 Å². The van der Waals surface area contributed by atoms with Crippen molar-refractivity contribution in [1.82, 2.24) is 4.98 Å². The van der Waals surface area contributed by atoms with Gasteiger partial charge in [0.2, 0.25) is 0 Å². The first kappa shape index (κ1) is 16.6. The smallest absolute Gasteiger partial charge is 0.174 e. The van der Waals surface area contributed by atoms with Crippen LogP contribution < -0.4 is 0 Å². The maximum absolute atomic E-state index is 12.8. The molecule has 0 bridgehead atoms. The van der Waals surface area contributed by atoms with Gasteiger partial charge in [-0.3, -0.25) is 9.59 Å². The van der Waals surface area contributed by atoms with Gasteiger partial charge in [0.05, 0.1) is 0 Å². The molecule has 4 heteroatoms. The third kappa shape index (κ3) is 3.04. The first-order valence-electron chi connectivity index (χ1n) is 7.83. The minimum Gasteiger partial charge on any atom is -0.294 e. The molecule has 3 nitrogen and oxygen atoms in total. The summed E-state index contributed by atoms with van der Waals surface area (Å²) in [6.45, 7) is 5.92. The van der Waals surface area contributed by atoms with E-state index in [0.29, 0.717) is 17.1 Å². The Kier molecular flexibility index (Phi) is 4.37. The fourth-order valence-corrected chi connectivity index (χ4v) is 3.54. The van der Waals surface area contributed by atoms with Crippen LogP contribution in [-0.2, 0) is 16.0 Å². The number of ketones is 2. The summed E-state index contributed by atoms with van der Waals surface area (Å²) < 4.78 is 0. The lowest BCUT2D eigenvalue weighted by atomic mass is 9.85. The van der Waals surface area contributed by atoms with E-state index in [4.69, 9.17) is 11.6 Å². The Balaban J connectivity index is 1.91. The molecule has 24 heavy (non-hydrogen) atoms. The fourth-order valence-electron chi connectivity index (χ4n) is 3.43. The Labute approximate surface area is 146 Å². The number of halogens is 1. The molecule has 1 aliphatic carbocycles. The van der Waals surface area contributed by atoms with Crippen LogP contribution in [0.3, 0.4) is 0 Å². The summed E-state index contributed by atoms with van der Waals surface area (Å²) in [5.41, 5.74) is 5.35. The summed E-state index contributed by atoms with van der Waals surface area (Å²) in [6.07, 6.45) is 3.52. The van der Waals surface area contributed by atoms with Crippen LogP contribution in [-0.4, -0.2) is 16.6 Å². The van der Waals surface area contributed by atoms with Gasteiger partial charge in [-0.15, -0.1) is 0 Å². The van der Waals surface area contributed by atoms with Crippen molar-refractivity contribution in [3.63, 3.8) is 0 Å². The van der Waals surface area contributed by atoms with Gasteiger partial charge >= 0.3 is 0 Å². The predicted molar refractivity (Wildman–Crippen MR) is 94.4 cm³/mol. The number of carbonyl (C=O) groups is 2. The van der Waals surface area contributed by atoms with Crippen LogP contribution in [0.25, 0.3) is 0 Å². The molecule has 0 amide bonds. The molecule has 0 N–H and O–H groups in total. The molecule has 3 rings (SSSR count). The van der Waals surface area contributed by atoms with Crippen LogP contribution >= 0.6 is 11.6 Å². The van der Waals surface area contributed by atoms with Crippen LogP contribution in [0.4, 0.5) is 0 Å². The molecule has 0 saturated carbocycles. The van der Waals surface area contributed by atoms with E-state index < -0.39 is 5.92 Å². The number of nitrogens with zero attached hydrogens (tertiary/aromatic N) is 1.